The Labute approximate surface area is 154 Å². The first kappa shape index (κ1) is 19.2. The molecule has 0 aliphatic rings. The number of anilines is 1. The molecule has 2 amide bonds. The van der Waals surface area contributed by atoms with Gasteiger partial charge in [0.2, 0.25) is 11.8 Å². The van der Waals surface area contributed by atoms with Crippen LogP contribution in [0.15, 0.2) is 48.7 Å². The molecule has 1 aromatic heterocycles. The number of benzene rings is 1. The maximum atomic E-state index is 12.0. The van der Waals surface area contributed by atoms with E-state index in [-0.39, 0.29) is 18.2 Å². The zero-order valence-electron chi connectivity index (χ0n) is 15.3. The Bertz CT molecular complexity index is 828. The Kier molecular flexibility index (Phi) is 6.51. The van der Waals surface area contributed by atoms with Crippen LogP contribution in [-0.4, -0.2) is 23.3 Å². The quantitative estimate of drug-likeness (QED) is 0.834. The third-order valence-electron chi connectivity index (χ3n) is 3.46. The van der Waals surface area contributed by atoms with Crippen LogP contribution in [0, 0.1) is 17.3 Å². The van der Waals surface area contributed by atoms with Crippen LogP contribution in [0.3, 0.4) is 0 Å². The van der Waals surface area contributed by atoms with E-state index in [1.54, 1.807) is 12.3 Å². The highest BCUT2D eigenvalue weighted by Crippen LogP contribution is 2.12. The summed E-state index contributed by atoms with van der Waals surface area (Å²) in [7, 11) is 0. The van der Waals surface area contributed by atoms with Crippen LogP contribution in [0.2, 0.25) is 0 Å². The second-order valence-corrected chi connectivity index (χ2v) is 6.85. The number of carbonyl (C=O) groups excluding carboxylic acids is 2. The van der Waals surface area contributed by atoms with Crippen molar-refractivity contribution in [3.05, 3.63) is 59.9 Å². The van der Waals surface area contributed by atoms with E-state index in [0.29, 0.717) is 17.9 Å². The zero-order chi connectivity index (χ0) is 19.0. The fourth-order valence-electron chi connectivity index (χ4n) is 2.03. The number of nitrogens with zero attached hydrogens (tertiary/aromatic N) is 1. The van der Waals surface area contributed by atoms with Gasteiger partial charge in [0.1, 0.15) is 5.69 Å². The maximum Gasteiger partial charge on any atom is 0.226 e. The van der Waals surface area contributed by atoms with Crippen LogP contribution >= 0.6 is 0 Å². The molecule has 2 N–H and O–H groups in total. The number of pyridine rings is 1. The molecule has 0 radical (unpaired) electrons. The fraction of sp³-hybridized carbons (Fsp3) is 0.286. The summed E-state index contributed by atoms with van der Waals surface area (Å²) in [6.45, 7) is 5.81. The highest BCUT2D eigenvalue weighted by molar-refractivity contribution is 5.91. The summed E-state index contributed by atoms with van der Waals surface area (Å²) in [6.07, 6.45) is 1.91. The molecule has 0 aliphatic heterocycles. The van der Waals surface area contributed by atoms with E-state index in [9.17, 15) is 9.59 Å². The molecule has 0 saturated heterocycles. The van der Waals surface area contributed by atoms with Gasteiger partial charge in [-0.2, -0.15) is 0 Å². The molecular formula is C21H23N3O2. The fourth-order valence-corrected chi connectivity index (χ4v) is 2.03. The van der Waals surface area contributed by atoms with Gasteiger partial charge in [-0.25, -0.2) is 4.98 Å². The first-order valence-corrected chi connectivity index (χ1v) is 8.46. The van der Waals surface area contributed by atoms with Gasteiger partial charge in [0, 0.05) is 35.8 Å². The van der Waals surface area contributed by atoms with Crippen molar-refractivity contribution in [1.82, 2.24) is 10.3 Å². The number of hydrogen-bond acceptors (Lipinski definition) is 3. The standard InChI is InChI=1S/C21H23N3O2/c1-21(2,3)20(26)23-14-12-19(25)24-18-9-6-7-16(15-18)10-11-17-8-4-5-13-22-17/h4-9,13,15H,12,14H2,1-3H3,(H,23,26)(H,24,25). The third-order valence-corrected chi connectivity index (χ3v) is 3.46. The normalized spacial score (nSPS) is 10.4. The molecule has 0 saturated carbocycles. The van der Waals surface area contributed by atoms with Gasteiger partial charge in [0.15, 0.2) is 0 Å². The van der Waals surface area contributed by atoms with Gasteiger partial charge in [0.05, 0.1) is 0 Å². The maximum absolute atomic E-state index is 12.0. The third kappa shape index (κ3) is 6.40. The number of rotatable bonds is 4. The van der Waals surface area contributed by atoms with Crippen molar-refractivity contribution in [2.24, 2.45) is 5.41 Å². The summed E-state index contributed by atoms with van der Waals surface area (Å²) in [5, 5.41) is 5.58. The van der Waals surface area contributed by atoms with E-state index in [0.717, 1.165) is 5.56 Å². The summed E-state index contributed by atoms with van der Waals surface area (Å²) >= 11 is 0. The van der Waals surface area contributed by atoms with Gasteiger partial charge in [0.25, 0.3) is 0 Å². The van der Waals surface area contributed by atoms with Crippen molar-refractivity contribution in [1.29, 1.82) is 0 Å². The minimum Gasteiger partial charge on any atom is -0.355 e. The molecule has 1 aromatic carbocycles. The lowest BCUT2D eigenvalue weighted by atomic mass is 9.96. The van der Waals surface area contributed by atoms with Crippen LogP contribution in [0.4, 0.5) is 5.69 Å². The molecule has 1 heterocycles. The Morgan fingerprint density at radius 3 is 2.58 bits per heavy atom. The predicted octanol–water partition coefficient (Wildman–Crippen LogP) is 2.97. The number of carbonyl (C=O) groups is 2. The lowest BCUT2D eigenvalue weighted by Gasteiger charge is -2.17. The van der Waals surface area contributed by atoms with Gasteiger partial charge in [-0.05, 0) is 36.3 Å². The largest absolute Gasteiger partial charge is 0.355 e. The smallest absolute Gasteiger partial charge is 0.226 e. The second kappa shape index (κ2) is 8.82. The zero-order valence-corrected chi connectivity index (χ0v) is 15.3. The van der Waals surface area contributed by atoms with E-state index < -0.39 is 5.41 Å². The molecule has 0 atom stereocenters. The van der Waals surface area contributed by atoms with Gasteiger partial charge >= 0.3 is 0 Å². The van der Waals surface area contributed by atoms with Crippen LogP contribution in [0.25, 0.3) is 0 Å². The Hall–Kier alpha value is -3.13. The summed E-state index contributed by atoms with van der Waals surface area (Å²) in [4.78, 5) is 28.0. The minimum absolute atomic E-state index is 0.0721. The molecular weight excluding hydrogens is 326 g/mol. The van der Waals surface area contributed by atoms with E-state index in [2.05, 4.69) is 27.5 Å². The van der Waals surface area contributed by atoms with Crippen LogP contribution < -0.4 is 10.6 Å². The average molecular weight is 349 g/mol. The summed E-state index contributed by atoms with van der Waals surface area (Å²) in [5.74, 6) is 5.78. The molecule has 5 nitrogen and oxygen atoms in total. The summed E-state index contributed by atoms with van der Waals surface area (Å²) < 4.78 is 0. The minimum atomic E-state index is -0.461. The molecule has 5 heteroatoms. The number of hydrogen-bond donors (Lipinski definition) is 2. The van der Waals surface area contributed by atoms with Crippen LogP contribution in [0.1, 0.15) is 38.4 Å². The van der Waals surface area contributed by atoms with Crippen molar-refractivity contribution in [2.45, 2.75) is 27.2 Å². The van der Waals surface area contributed by atoms with E-state index >= 15 is 0 Å². The molecule has 2 rings (SSSR count). The highest BCUT2D eigenvalue weighted by atomic mass is 16.2. The van der Waals surface area contributed by atoms with Gasteiger partial charge in [-0.1, -0.05) is 38.8 Å². The van der Waals surface area contributed by atoms with Crippen LogP contribution in [0.5, 0.6) is 0 Å². The van der Waals surface area contributed by atoms with Gasteiger partial charge in [-0.15, -0.1) is 0 Å². The SMILES string of the molecule is CC(C)(C)C(=O)NCCC(=O)Nc1cccc(C#Cc2ccccn2)c1. The number of nitrogens with one attached hydrogen (secondary N) is 2. The Balaban J connectivity index is 1.89. The lowest BCUT2D eigenvalue weighted by molar-refractivity contribution is -0.128. The number of aromatic nitrogens is 1. The molecule has 26 heavy (non-hydrogen) atoms. The summed E-state index contributed by atoms with van der Waals surface area (Å²) in [5.41, 5.74) is 1.69. The molecule has 0 unspecified atom stereocenters. The lowest BCUT2D eigenvalue weighted by Crippen LogP contribution is -2.36. The molecule has 2 aromatic rings. The van der Waals surface area contributed by atoms with Crippen molar-refractivity contribution in [3.63, 3.8) is 0 Å². The Morgan fingerprint density at radius 2 is 1.88 bits per heavy atom. The monoisotopic (exact) mass is 349 g/mol. The van der Waals surface area contributed by atoms with Crippen molar-refractivity contribution >= 4 is 17.5 Å². The first-order chi connectivity index (χ1) is 12.3. The van der Waals surface area contributed by atoms with E-state index in [4.69, 9.17) is 0 Å². The van der Waals surface area contributed by atoms with Crippen molar-refractivity contribution in [2.75, 3.05) is 11.9 Å². The van der Waals surface area contributed by atoms with Crippen molar-refractivity contribution in [3.8, 4) is 11.8 Å². The predicted molar refractivity (Wildman–Crippen MR) is 102 cm³/mol. The van der Waals surface area contributed by atoms with Gasteiger partial charge in [-0.3, -0.25) is 9.59 Å². The molecule has 0 fully saturated rings. The second-order valence-electron chi connectivity index (χ2n) is 6.85. The highest BCUT2D eigenvalue weighted by Gasteiger charge is 2.20. The van der Waals surface area contributed by atoms with Crippen LogP contribution in [-0.2, 0) is 9.59 Å². The van der Waals surface area contributed by atoms with E-state index in [1.807, 2.05) is 57.2 Å². The average Bonchev–Trinajstić information content (AvgIpc) is 2.60. The van der Waals surface area contributed by atoms with Gasteiger partial charge < -0.3 is 10.6 Å². The molecule has 0 aliphatic carbocycles. The molecule has 0 spiro atoms. The number of amides is 2. The molecule has 134 valence electrons. The summed E-state index contributed by atoms with van der Waals surface area (Å²) in [6, 6.07) is 12.9. The topological polar surface area (TPSA) is 71.1 Å². The Morgan fingerprint density at radius 1 is 1.08 bits per heavy atom. The van der Waals surface area contributed by atoms with Crippen molar-refractivity contribution < 1.29 is 9.59 Å². The molecule has 0 bridgehead atoms. The van der Waals surface area contributed by atoms with E-state index in [1.165, 1.54) is 0 Å². The first-order valence-electron chi connectivity index (χ1n) is 8.46.